The highest BCUT2D eigenvalue weighted by molar-refractivity contribution is 6.29. The smallest absolute Gasteiger partial charge is 0.414 e. The van der Waals surface area contributed by atoms with Gasteiger partial charge in [0, 0.05) is 25.5 Å². The molecule has 0 spiro atoms. The van der Waals surface area contributed by atoms with E-state index in [1.165, 1.54) is 9.42 Å². The molecule has 2 aromatic rings. The molecule has 0 bridgehead atoms. The van der Waals surface area contributed by atoms with Crippen LogP contribution in [0.25, 0.3) is 5.65 Å². The van der Waals surface area contributed by atoms with Crippen molar-refractivity contribution in [2.45, 2.75) is 26.4 Å². The zero-order valence-corrected chi connectivity index (χ0v) is 12.0. The Balaban J connectivity index is 2.38. The molecule has 0 aliphatic carbocycles. The lowest BCUT2D eigenvalue weighted by Crippen LogP contribution is -2.34. The highest BCUT2D eigenvalue weighted by Crippen LogP contribution is 2.23. The van der Waals surface area contributed by atoms with Crippen molar-refractivity contribution < 1.29 is 9.53 Å². The minimum absolute atomic E-state index is 0.274. The number of rotatable bonds is 1. The summed E-state index contributed by atoms with van der Waals surface area (Å²) in [6, 6.07) is 1.58. The molecule has 0 unspecified atom stereocenters. The summed E-state index contributed by atoms with van der Waals surface area (Å²) in [4.78, 5) is 17.6. The molecule has 19 heavy (non-hydrogen) atoms. The van der Waals surface area contributed by atoms with Gasteiger partial charge in [-0.3, -0.25) is 4.90 Å². The maximum absolute atomic E-state index is 12.0. The number of fused-ring (bicyclic) bond motifs is 1. The van der Waals surface area contributed by atoms with Gasteiger partial charge in [0.05, 0.1) is 5.69 Å². The molecule has 0 saturated heterocycles. The van der Waals surface area contributed by atoms with E-state index in [4.69, 9.17) is 16.3 Å². The van der Waals surface area contributed by atoms with E-state index in [2.05, 4.69) is 10.1 Å². The van der Waals surface area contributed by atoms with E-state index < -0.39 is 11.7 Å². The second-order valence-electron chi connectivity index (χ2n) is 5.09. The molecule has 1 amide bonds. The number of imidazole rings is 1. The molecule has 0 N–H and O–H groups in total. The number of hydrogen-bond acceptors (Lipinski definition) is 4. The van der Waals surface area contributed by atoms with Gasteiger partial charge in [-0.2, -0.15) is 5.10 Å². The van der Waals surface area contributed by atoms with Crippen LogP contribution in [0.4, 0.5) is 10.5 Å². The lowest BCUT2D eigenvalue weighted by Gasteiger charge is -2.24. The summed E-state index contributed by atoms with van der Waals surface area (Å²) in [6.07, 6.45) is 2.78. The average molecular weight is 283 g/mol. The second-order valence-corrected chi connectivity index (χ2v) is 5.47. The topological polar surface area (TPSA) is 59.7 Å². The third kappa shape index (κ3) is 2.96. The fourth-order valence-corrected chi connectivity index (χ4v) is 1.73. The molecular formula is C12H15ClN4O2. The zero-order chi connectivity index (χ0) is 14.2. The van der Waals surface area contributed by atoms with E-state index in [1.54, 1.807) is 25.5 Å². The van der Waals surface area contributed by atoms with E-state index in [-0.39, 0.29) is 5.15 Å². The first kappa shape index (κ1) is 13.6. The minimum atomic E-state index is -0.562. The Hall–Kier alpha value is -1.82. The first-order valence-corrected chi connectivity index (χ1v) is 6.12. The Bertz CT molecular complexity index is 618. The van der Waals surface area contributed by atoms with Crippen LogP contribution in [0.1, 0.15) is 20.8 Å². The number of anilines is 1. The molecule has 0 saturated carbocycles. The Morgan fingerprint density at radius 3 is 2.79 bits per heavy atom. The first-order chi connectivity index (χ1) is 8.78. The number of nitrogens with zero attached hydrogens (tertiary/aromatic N) is 4. The molecule has 2 heterocycles. The van der Waals surface area contributed by atoms with E-state index in [1.807, 2.05) is 20.8 Å². The molecule has 2 rings (SSSR count). The number of halogens is 1. The lowest BCUT2D eigenvalue weighted by atomic mass is 10.2. The van der Waals surface area contributed by atoms with Crippen LogP contribution in [-0.4, -0.2) is 33.3 Å². The SMILES string of the molecule is CN(C(=O)OC(C)(C)C)c1cc(Cl)nn2ccnc12. The summed E-state index contributed by atoms with van der Waals surface area (Å²) in [5.41, 5.74) is 0.519. The summed E-state index contributed by atoms with van der Waals surface area (Å²) < 4.78 is 6.82. The van der Waals surface area contributed by atoms with Crippen LogP contribution in [0.15, 0.2) is 18.5 Å². The van der Waals surface area contributed by atoms with Crippen molar-refractivity contribution in [2.24, 2.45) is 0 Å². The van der Waals surface area contributed by atoms with Gasteiger partial charge in [-0.25, -0.2) is 14.3 Å². The van der Waals surface area contributed by atoms with Crippen molar-refractivity contribution in [3.63, 3.8) is 0 Å². The van der Waals surface area contributed by atoms with E-state index in [0.717, 1.165) is 0 Å². The van der Waals surface area contributed by atoms with Crippen molar-refractivity contribution in [3.8, 4) is 0 Å². The van der Waals surface area contributed by atoms with Gasteiger partial charge in [-0.1, -0.05) is 11.6 Å². The molecule has 0 radical (unpaired) electrons. The van der Waals surface area contributed by atoms with Crippen LogP contribution in [0.2, 0.25) is 5.15 Å². The molecule has 6 nitrogen and oxygen atoms in total. The number of carbonyl (C=O) groups excluding carboxylic acids is 1. The van der Waals surface area contributed by atoms with Gasteiger partial charge in [-0.05, 0) is 20.8 Å². The molecule has 2 aromatic heterocycles. The molecule has 7 heteroatoms. The van der Waals surface area contributed by atoms with Crippen LogP contribution < -0.4 is 4.90 Å². The van der Waals surface area contributed by atoms with Crippen LogP contribution >= 0.6 is 11.6 Å². The van der Waals surface area contributed by atoms with Crippen molar-refractivity contribution in [3.05, 3.63) is 23.6 Å². The number of hydrogen-bond donors (Lipinski definition) is 0. The van der Waals surface area contributed by atoms with Gasteiger partial charge < -0.3 is 4.74 Å². The van der Waals surface area contributed by atoms with Crippen molar-refractivity contribution >= 4 is 29.0 Å². The lowest BCUT2D eigenvalue weighted by molar-refractivity contribution is 0.0589. The van der Waals surface area contributed by atoms with E-state index in [9.17, 15) is 4.79 Å². The van der Waals surface area contributed by atoms with Gasteiger partial charge in [0.25, 0.3) is 0 Å². The first-order valence-electron chi connectivity index (χ1n) is 5.74. The van der Waals surface area contributed by atoms with Crippen LogP contribution in [0.5, 0.6) is 0 Å². The van der Waals surface area contributed by atoms with Gasteiger partial charge in [0.15, 0.2) is 10.8 Å². The normalized spacial score (nSPS) is 11.6. The Labute approximate surface area is 115 Å². The fraction of sp³-hybridized carbons (Fsp3) is 0.417. The summed E-state index contributed by atoms with van der Waals surface area (Å²) in [5.74, 6) is 0. The van der Waals surface area contributed by atoms with E-state index >= 15 is 0 Å². The monoisotopic (exact) mass is 282 g/mol. The average Bonchev–Trinajstić information content (AvgIpc) is 2.72. The summed E-state index contributed by atoms with van der Waals surface area (Å²) in [5, 5.41) is 4.33. The molecule has 0 atom stereocenters. The Morgan fingerprint density at radius 1 is 1.47 bits per heavy atom. The molecule has 0 fully saturated rings. The third-order valence-corrected chi connectivity index (χ3v) is 2.52. The van der Waals surface area contributed by atoms with Crippen molar-refractivity contribution in [1.29, 1.82) is 0 Å². The third-order valence-electron chi connectivity index (χ3n) is 2.34. The highest BCUT2D eigenvalue weighted by Gasteiger charge is 2.23. The number of aromatic nitrogens is 3. The molecule has 0 aliphatic heterocycles. The van der Waals surface area contributed by atoms with Gasteiger partial charge in [-0.15, -0.1) is 0 Å². The van der Waals surface area contributed by atoms with Crippen LogP contribution in [0, 0.1) is 0 Å². The predicted octanol–water partition coefficient (Wildman–Crippen LogP) is 2.75. The van der Waals surface area contributed by atoms with Gasteiger partial charge in [0.1, 0.15) is 5.60 Å². The largest absolute Gasteiger partial charge is 0.443 e. The highest BCUT2D eigenvalue weighted by atomic mass is 35.5. The fourth-order valence-electron chi connectivity index (χ4n) is 1.55. The minimum Gasteiger partial charge on any atom is -0.443 e. The maximum atomic E-state index is 12.0. The van der Waals surface area contributed by atoms with Crippen molar-refractivity contribution in [2.75, 3.05) is 11.9 Å². The maximum Gasteiger partial charge on any atom is 0.414 e. The van der Waals surface area contributed by atoms with E-state index in [0.29, 0.717) is 11.3 Å². The summed E-state index contributed by atoms with van der Waals surface area (Å²) >= 11 is 5.92. The zero-order valence-electron chi connectivity index (χ0n) is 11.2. The molecule has 0 aliphatic rings. The molecule has 0 aromatic carbocycles. The standard InChI is InChI=1S/C12H15ClN4O2/c1-12(2,3)19-11(18)16(4)8-7-9(13)15-17-6-5-14-10(8)17/h5-7H,1-4H3. The van der Waals surface area contributed by atoms with Crippen molar-refractivity contribution in [1.82, 2.24) is 14.6 Å². The van der Waals surface area contributed by atoms with Gasteiger partial charge in [0.2, 0.25) is 0 Å². The predicted molar refractivity (Wildman–Crippen MR) is 72.6 cm³/mol. The summed E-state index contributed by atoms with van der Waals surface area (Å²) in [6.45, 7) is 5.43. The second kappa shape index (κ2) is 4.70. The number of amides is 1. The Kier molecular flexibility index (Phi) is 3.36. The number of ether oxygens (including phenoxy) is 1. The molecule has 102 valence electrons. The Morgan fingerprint density at radius 2 is 2.16 bits per heavy atom. The van der Waals surface area contributed by atoms with Crippen LogP contribution in [-0.2, 0) is 4.74 Å². The quantitative estimate of drug-likeness (QED) is 0.807. The van der Waals surface area contributed by atoms with Gasteiger partial charge >= 0.3 is 6.09 Å². The van der Waals surface area contributed by atoms with Crippen LogP contribution in [0.3, 0.4) is 0 Å². The number of carbonyl (C=O) groups is 1. The summed E-state index contributed by atoms with van der Waals surface area (Å²) in [7, 11) is 1.61. The molecular weight excluding hydrogens is 268 g/mol.